The predicted octanol–water partition coefficient (Wildman–Crippen LogP) is 5.70. The summed E-state index contributed by atoms with van der Waals surface area (Å²) in [5.41, 5.74) is 2.06. The maximum absolute atomic E-state index is 13.0. The van der Waals surface area contributed by atoms with E-state index in [9.17, 15) is 18.0 Å². The van der Waals surface area contributed by atoms with Crippen LogP contribution < -0.4 is 10.6 Å². The molecule has 1 unspecified atom stereocenters. The molecule has 10 heteroatoms. The average molecular weight is 532 g/mol. The van der Waals surface area contributed by atoms with Gasteiger partial charge in [-0.15, -0.1) is 0 Å². The first-order valence-electron chi connectivity index (χ1n) is 10.9. The molecule has 1 saturated heterocycles. The predicted molar refractivity (Wildman–Crippen MR) is 139 cm³/mol. The van der Waals surface area contributed by atoms with Crippen LogP contribution in [0, 0.1) is 0 Å². The Kier molecular flexibility index (Phi) is 7.35. The van der Waals surface area contributed by atoms with Crippen molar-refractivity contribution in [2.24, 2.45) is 0 Å². The summed E-state index contributed by atoms with van der Waals surface area (Å²) >= 11 is 12.4. The molecular weight excluding hydrogens is 509 g/mol. The van der Waals surface area contributed by atoms with Crippen LogP contribution in [0.5, 0.6) is 0 Å². The van der Waals surface area contributed by atoms with Gasteiger partial charge in [-0.1, -0.05) is 47.5 Å². The molecule has 3 aromatic rings. The Morgan fingerprint density at radius 2 is 1.60 bits per heavy atom. The lowest BCUT2D eigenvalue weighted by Crippen LogP contribution is -2.45. The molecule has 0 aromatic heterocycles. The van der Waals surface area contributed by atoms with E-state index in [1.54, 1.807) is 60.7 Å². The zero-order valence-electron chi connectivity index (χ0n) is 18.8. The van der Waals surface area contributed by atoms with Gasteiger partial charge < -0.3 is 15.5 Å². The Morgan fingerprint density at radius 3 is 2.29 bits per heavy atom. The number of carbonyl (C=O) groups excluding carboxylic acids is 2. The van der Waals surface area contributed by atoms with Gasteiger partial charge in [-0.05, 0) is 55.3 Å². The highest BCUT2D eigenvalue weighted by Crippen LogP contribution is 2.34. The first-order valence-corrected chi connectivity index (χ1v) is 13.5. The van der Waals surface area contributed by atoms with Crippen LogP contribution in [0.2, 0.25) is 10.0 Å². The van der Waals surface area contributed by atoms with Gasteiger partial charge in [0.25, 0.3) is 0 Å². The van der Waals surface area contributed by atoms with E-state index in [0.29, 0.717) is 51.9 Å². The molecule has 3 aromatic carbocycles. The molecule has 0 bridgehead atoms. The second kappa shape index (κ2) is 10.3. The van der Waals surface area contributed by atoms with Gasteiger partial charge in [-0.25, -0.2) is 13.2 Å². The van der Waals surface area contributed by atoms with Gasteiger partial charge in [-0.3, -0.25) is 4.79 Å². The zero-order valence-corrected chi connectivity index (χ0v) is 21.1. The van der Waals surface area contributed by atoms with Crippen molar-refractivity contribution in [2.75, 3.05) is 23.4 Å². The molecule has 182 valence electrons. The van der Waals surface area contributed by atoms with E-state index in [4.69, 9.17) is 23.2 Å². The van der Waals surface area contributed by atoms with Crippen LogP contribution in [-0.2, 0) is 14.6 Å². The molecule has 0 radical (unpaired) electrons. The maximum Gasteiger partial charge on any atom is 0.322 e. The molecule has 7 nitrogen and oxygen atoms in total. The lowest BCUT2D eigenvalue weighted by atomic mass is 10.0. The Morgan fingerprint density at radius 1 is 0.914 bits per heavy atom. The van der Waals surface area contributed by atoms with Crippen molar-refractivity contribution in [3.63, 3.8) is 0 Å². The van der Waals surface area contributed by atoms with E-state index >= 15 is 0 Å². The monoisotopic (exact) mass is 531 g/mol. The van der Waals surface area contributed by atoms with Crippen LogP contribution in [0.4, 0.5) is 16.2 Å². The second-order valence-electron chi connectivity index (χ2n) is 8.24. The Labute approximate surface area is 214 Å². The fraction of sp³-hybridized carbons (Fsp3) is 0.200. The van der Waals surface area contributed by atoms with Crippen molar-refractivity contribution >= 4 is 56.4 Å². The van der Waals surface area contributed by atoms with Gasteiger partial charge in [0.1, 0.15) is 6.04 Å². The third-order valence-corrected chi connectivity index (χ3v) is 7.44. The number of urea groups is 1. The summed E-state index contributed by atoms with van der Waals surface area (Å²) in [6.45, 7) is 0.458. The number of sulfone groups is 1. The smallest absolute Gasteiger partial charge is 0.322 e. The van der Waals surface area contributed by atoms with Crippen molar-refractivity contribution in [1.82, 2.24) is 4.90 Å². The molecule has 1 heterocycles. The zero-order chi connectivity index (χ0) is 25.2. The quantitative estimate of drug-likeness (QED) is 0.441. The van der Waals surface area contributed by atoms with E-state index in [1.165, 1.54) is 11.0 Å². The number of anilines is 2. The number of halogens is 2. The molecule has 2 N–H and O–H groups in total. The minimum Gasteiger partial charge on any atom is -0.324 e. The minimum atomic E-state index is -3.46. The SMILES string of the molecule is CS(=O)(=O)c1ccccc1-c1ccc(NC(=O)C2CCCN2C(=O)Nc2ccc(Cl)cc2)cc1Cl. The molecule has 1 atom stereocenters. The van der Waals surface area contributed by atoms with Gasteiger partial charge in [0.05, 0.1) is 9.92 Å². The fourth-order valence-electron chi connectivity index (χ4n) is 4.06. The largest absolute Gasteiger partial charge is 0.324 e. The number of benzene rings is 3. The van der Waals surface area contributed by atoms with Crippen LogP contribution in [0.1, 0.15) is 12.8 Å². The van der Waals surface area contributed by atoms with Crippen LogP contribution in [0.3, 0.4) is 0 Å². The van der Waals surface area contributed by atoms with E-state index in [-0.39, 0.29) is 16.8 Å². The topological polar surface area (TPSA) is 95.6 Å². The first kappa shape index (κ1) is 25.0. The van der Waals surface area contributed by atoms with Crippen LogP contribution >= 0.6 is 23.2 Å². The summed E-state index contributed by atoms with van der Waals surface area (Å²) in [6.07, 6.45) is 2.38. The van der Waals surface area contributed by atoms with E-state index in [1.807, 2.05) is 0 Å². The van der Waals surface area contributed by atoms with E-state index in [2.05, 4.69) is 10.6 Å². The average Bonchev–Trinajstić information content (AvgIpc) is 3.31. The molecular formula is C25H23Cl2N3O4S. The van der Waals surface area contributed by atoms with Gasteiger partial charge >= 0.3 is 6.03 Å². The summed E-state index contributed by atoms with van der Waals surface area (Å²) in [4.78, 5) is 27.4. The van der Waals surface area contributed by atoms with Crippen LogP contribution in [0.15, 0.2) is 71.6 Å². The summed E-state index contributed by atoms with van der Waals surface area (Å²) in [7, 11) is -3.46. The normalized spacial score (nSPS) is 15.6. The van der Waals surface area contributed by atoms with Crippen molar-refractivity contribution in [3.05, 3.63) is 76.8 Å². The van der Waals surface area contributed by atoms with Crippen molar-refractivity contribution in [2.45, 2.75) is 23.8 Å². The standard InChI is InChI=1S/C25H23Cl2N3O4S/c1-35(33,34)23-7-3-2-5-20(23)19-13-12-18(15-21(19)27)28-24(31)22-6-4-14-30(22)25(32)29-17-10-8-16(26)9-11-17/h2-3,5,7-13,15,22H,4,6,14H2,1H3,(H,28,31)(H,29,32). The number of nitrogens with zero attached hydrogens (tertiary/aromatic N) is 1. The highest BCUT2D eigenvalue weighted by Gasteiger charge is 2.34. The summed E-state index contributed by atoms with van der Waals surface area (Å²) in [5.74, 6) is -0.325. The third-order valence-electron chi connectivity index (χ3n) is 5.73. The van der Waals surface area contributed by atoms with Crippen LogP contribution in [0.25, 0.3) is 11.1 Å². The maximum atomic E-state index is 13.0. The lowest BCUT2D eigenvalue weighted by Gasteiger charge is -2.24. The van der Waals surface area contributed by atoms with Crippen LogP contribution in [-0.4, -0.2) is 44.1 Å². The summed E-state index contributed by atoms with van der Waals surface area (Å²) in [6, 6.07) is 17.2. The Balaban J connectivity index is 1.49. The van der Waals surface area contributed by atoms with Gasteiger partial charge in [0, 0.05) is 40.3 Å². The van der Waals surface area contributed by atoms with Crippen molar-refractivity contribution in [3.8, 4) is 11.1 Å². The molecule has 0 saturated carbocycles. The number of carbonyl (C=O) groups is 2. The lowest BCUT2D eigenvalue weighted by molar-refractivity contribution is -0.119. The van der Waals surface area contributed by atoms with E-state index < -0.39 is 15.9 Å². The van der Waals surface area contributed by atoms with Crippen molar-refractivity contribution < 1.29 is 18.0 Å². The number of nitrogens with one attached hydrogen (secondary N) is 2. The summed E-state index contributed by atoms with van der Waals surface area (Å²) in [5, 5.41) is 6.47. The molecule has 1 aliphatic rings. The molecule has 35 heavy (non-hydrogen) atoms. The fourth-order valence-corrected chi connectivity index (χ4v) is 5.37. The Hall–Kier alpha value is -3.07. The minimum absolute atomic E-state index is 0.173. The number of amides is 3. The van der Waals surface area contributed by atoms with Gasteiger partial charge in [0.15, 0.2) is 9.84 Å². The molecule has 0 aliphatic carbocycles. The first-order chi connectivity index (χ1) is 16.6. The molecule has 0 spiro atoms. The highest BCUT2D eigenvalue weighted by atomic mass is 35.5. The number of rotatable bonds is 5. The van der Waals surface area contributed by atoms with Gasteiger partial charge in [0.2, 0.25) is 5.91 Å². The van der Waals surface area contributed by atoms with Gasteiger partial charge in [-0.2, -0.15) is 0 Å². The molecule has 1 aliphatic heterocycles. The Bertz CT molecular complexity index is 1380. The third kappa shape index (κ3) is 5.78. The number of hydrogen-bond acceptors (Lipinski definition) is 4. The van der Waals surface area contributed by atoms with E-state index in [0.717, 1.165) is 6.26 Å². The van der Waals surface area contributed by atoms with Crippen molar-refractivity contribution in [1.29, 1.82) is 0 Å². The second-order valence-corrected chi connectivity index (χ2v) is 11.1. The number of hydrogen-bond donors (Lipinski definition) is 2. The molecule has 3 amide bonds. The summed E-state index contributed by atoms with van der Waals surface area (Å²) < 4.78 is 24.3. The molecule has 1 fully saturated rings. The number of likely N-dealkylation sites (tertiary alicyclic amines) is 1. The molecule has 4 rings (SSSR count). The highest BCUT2D eigenvalue weighted by molar-refractivity contribution is 7.90.